The predicted molar refractivity (Wildman–Crippen MR) is 144 cm³/mol. The Labute approximate surface area is 217 Å². The fraction of sp³-hybridized carbons (Fsp3) is 0.308. The molecule has 0 saturated carbocycles. The second-order valence-corrected chi connectivity index (χ2v) is 10.1. The van der Waals surface area contributed by atoms with E-state index in [-0.39, 0.29) is 11.7 Å². The number of rotatable bonds is 8. The number of ether oxygens (including phenoxy) is 2. The number of phenolic OH excluding ortho intramolecular Hbond substituents is 1. The van der Waals surface area contributed by atoms with Crippen molar-refractivity contribution in [3.63, 3.8) is 0 Å². The SMILES string of the molecule is CCOC(=O)c1c(N=Cc2cc(I)c(O)c(OCC)c2)sc2c1CCN(Cc1ccccc1)C2. The molecule has 3 aromatic rings. The van der Waals surface area contributed by atoms with E-state index in [0.29, 0.717) is 33.1 Å². The maximum atomic E-state index is 12.9. The highest BCUT2D eigenvalue weighted by Gasteiger charge is 2.28. The minimum atomic E-state index is -0.320. The highest BCUT2D eigenvalue weighted by molar-refractivity contribution is 14.1. The van der Waals surface area contributed by atoms with Crippen molar-refractivity contribution >= 4 is 51.1 Å². The van der Waals surface area contributed by atoms with Crippen LogP contribution in [0.5, 0.6) is 11.5 Å². The summed E-state index contributed by atoms with van der Waals surface area (Å²) in [5, 5.41) is 10.9. The largest absolute Gasteiger partial charge is 0.504 e. The fourth-order valence-corrected chi connectivity index (χ4v) is 5.84. The van der Waals surface area contributed by atoms with Crippen molar-refractivity contribution in [2.75, 3.05) is 19.8 Å². The van der Waals surface area contributed by atoms with Crippen LogP contribution in [0.15, 0.2) is 47.5 Å². The zero-order valence-corrected chi connectivity index (χ0v) is 22.2. The van der Waals surface area contributed by atoms with E-state index >= 15 is 0 Å². The molecule has 0 fully saturated rings. The molecule has 0 atom stereocenters. The lowest BCUT2D eigenvalue weighted by atomic mass is 10.0. The first kappa shape index (κ1) is 24.7. The summed E-state index contributed by atoms with van der Waals surface area (Å²) in [6.45, 7) is 6.99. The lowest BCUT2D eigenvalue weighted by molar-refractivity contribution is 0.0526. The Morgan fingerprint density at radius 3 is 2.76 bits per heavy atom. The summed E-state index contributed by atoms with van der Waals surface area (Å²) in [7, 11) is 0. The van der Waals surface area contributed by atoms with Crippen LogP contribution in [0, 0.1) is 3.57 Å². The number of hydrogen-bond donors (Lipinski definition) is 1. The number of esters is 1. The Morgan fingerprint density at radius 1 is 1.24 bits per heavy atom. The number of phenols is 1. The average Bonchev–Trinajstić information content (AvgIpc) is 3.19. The number of nitrogens with zero attached hydrogens (tertiary/aromatic N) is 2. The van der Waals surface area contributed by atoms with Gasteiger partial charge >= 0.3 is 5.97 Å². The van der Waals surface area contributed by atoms with E-state index in [9.17, 15) is 9.90 Å². The van der Waals surface area contributed by atoms with Crippen molar-refractivity contribution in [3.05, 3.63) is 73.2 Å². The van der Waals surface area contributed by atoms with Gasteiger partial charge in [0.05, 0.1) is 22.3 Å². The van der Waals surface area contributed by atoms with Gasteiger partial charge in [0.25, 0.3) is 0 Å². The number of aliphatic imine (C=N–C) groups is 1. The third kappa shape index (κ3) is 5.61. The molecule has 1 N–H and O–H groups in total. The molecular weight excluding hydrogens is 563 g/mol. The highest BCUT2D eigenvalue weighted by atomic mass is 127. The Bertz CT molecular complexity index is 1190. The quantitative estimate of drug-likeness (QED) is 0.200. The van der Waals surface area contributed by atoms with E-state index < -0.39 is 0 Å². The van der Waals surface area contributed by atoms with Crippen LogP contribution >= 0.6 is 33.9 Å². The summed E-state index contributed by atoms with van der Waals surface area (Å²) in [5.41, 5.74) is 3.70. The van der Waals surface area contributed by atoms with E-state index in [4.69, 9.17) is 14.5 Å². The molecule has 1 aliphatic rings. The van der Waals surface area contributed by atoms with Gasteiger partial charge in [0.1, 0.15) is 5.00 Å². The standard InChI is InChI=1S/C26H27IN2O4S/c1-3-32-21-13-18(12-20(27)24(21)30)14-28-25-23(26(31)33-4-2)19-10-11-29(16-22(19)34-25)15-17-8-6-5-7-9-17/h5-9,12-14,30H,3-4,10-11,15-16H2,1-2H3. The topological polar surface area (TPSA) is 71.4 Å². The smallest absolute Gasteiger partial charge is 0.341 e. The van der Waals surface area contributed by atoms with Gasteiger partial charge in [-0.3, -0.25) is 4.90 Å². The molecule has 0 aliphatic carbocycles. The van der Waals surface area contributed by atoms with Gasteiger partial charge in [-0.25, -0.2) is 9.79 Å². The summed E-state index contributed by atoms with van der Waals surface area (Å²) in [5.74, 6) is 0.222. The van der Waals surface area contributed by atoms with Crippen molar-refractivity contribution < 1.29 is 19.4 Å². The molecule has 0 bridgehead atoms. The molecule has 0 radical (unpaired) electrons. The third-order valence-corrected chi connectivity index (χ3v) is 7.47. The van der Waals surface area contributed by atoms with Gasteiger partial charge in [-0.05, 0) is 71.7 Å². The molecule has 0 unspecified atom stereocenters. The highest BCUT2D eigenvalue weighted by Crippen LogP contribution is 2.40. The number of benzene rings is 2. The number of hydrogen-bond acceptors (Lipinski definition) is 7. The molecule has 4 rings (SSSR count). The van der Waals surface area contributed by atoms with E-state index in [0.717, 1.165) is 42.1 Å². The van der Waals surface area contributed by atoms with E-state index in [2.05, 4.69) is 51.8 Å². The normalized spacial score (nSPS) is 13.7. The molecular formula is C26H27IN2O4S. The van der Waals surface area contributed by atoms with Gasteiger partial charge in [0, 0.05) is 30.7 Å². The van der Waals surface area contributed by atoms with Crippen LogP contribution in [0.3, 0.4) is 0 Å². The van der Waals surface area contributed by atoms with Crippen LogP contribution < -0.4 is 4.74 Å². The second kappa shape index (κ2) is 11.3. The molecule has 2 aromatic carbocycles. The molecule has 178 valence electrons. The third-order valence-electron chi connectivity index (χ3n) is 5.53. The lowest BCUT2D eigenvalue weighted by Crippen LogP contribution is -2.29. The summed E-state index contributed by atoms with van der Waals surface area (Å²) < 4.78 is 11.6. The minimum Gasteiger partial charge on any atom is -0.504 e. The molecule has 8 heteroatoms. The van der Waals surface area contributed by atoms with Crippen molar-refractivity contribution in [1.82, 2.24) is 4.90 Å². The predicted octanol–water partition coefficient (Wildman–Crippen LogP) is 5.94. The number of halogens is 1. The van der Waals surface area contributed by atoms with Crippen molar-refractivity contribution in [2.24, 2.45) is 4.99 Å². The van der Waals surface area contributed by atoms with Crippen LogP contribution in [0.1, 0.15) is 45.8 Å². The summed E-state index contributed by atoms with van der Waals surface area (Å²) >= 11 is 3.62. The van der Waals surface area contributed by atoms with Gasteiger partial charge in [-0.15, -0.1) is 11.3 Å². The Morgan fingerprint density at radius 2 is 2.03 bits per heavy atom. The first-order valence-corrected chi connectivity index (χ1v) is 13.2. The first-order valence-electron chi connectivity index (χ1n) is 11.3. The Balaban J connectivity index is 1.63. The van der Waals surface area contributed by atoms with Crippen LogP contribution in [-0.2, 0) is 24.2 Å². The molecule has 1 aliphatic heterocycles. The number of carbonyl (C=O) groups is 1. The van der Waals surface area contributed by atoms with Crippen LogP contribution in [0.4, 0.5) is 5.00 Å². The maximum Gasteiger partial charge on any atom is 0.341 e. The maximum absolute atomic E-state index is 12.9. The fourth-order valence-electron chi connectivity index (χ4n) is 3.99. The Kier molecular flexibility index (Phi) is 8.23. The van der Waals surface area contributed by atoms with Crippen LogP contribution in [-0.4, -0.2) is 41.9 Å². The van der Waals surface area contributed by atoms with Crippen LogP contribution in [0.2, 0.25) is 0 Å². The van der Waals surface area contributed by atoms with E-state index in [1.54, 1.807) is 23.6 Å². The van der Waals surface area contributed by atoms with Gasteiger partial charge in [0.15, 0.2) is 11.5 Å². The molecule has 0 saturated heterocycles. The van der Waals surface area contributed by atoms with E-state index in [1.165, 1.54) is 5.56 Å². The van der Waals surface area contributed by atoms with Crippen LogP contribution in [0.25, 0.3) is 0 Å². The summed E-state index contributed by atoms with van der Waals surface area (Å²) in [6.07, 6.45) is 2.50. The molecule has 0 spiro atoms. The molecule has 6 nitrogen and oxygen atoms in total. The lowest BCUT2D eigenvalue weighted by Gasteiger charge is -2.27. The van der Waals surface area contributed by atoms with Gasteiger partial charge in [0.2, 0.25) is 0 Å². The molecule has 0 amide bonds. The number of aromatic hydroxyl groups is 1. The van der Waals surface area contributed by atoms with Crippen molar-refractivity contribution in [2.45, 2.75) is 33.4 Å². The average molecular weight is 590 g/mol. The monoisotopic (exact) mass is 590 g/mol. The van der Waals surface area contributed by atoms with Gasteiger partial charge < -0.3 is 14.6 Å². The number of carbonyl (C=O) groups excluding carboxylic acids is 1. The minimum absolute atomic E-state index is 0.122. The summed E-state index contributed by atoms with van der Waals surface area (Å²) in [4.78, 5) is 21.1. The first-order chi connectivity index (χ1) is 16.5. The van der Waals surface area contributed by atoms with Gasteiger partial charge in [-0.2, -0.15) is 0 Å². The molecule has 2 heterocycles. The number of fused-ring (bicyclic) bond motifs is 1. The number of thiophene rings is 1. The Hall–Kier alpha value is -2.43. The van der Waals surface area contributed by atoms with E-state index in [1.807, 2.05) is 26.0 Å². The zero-order valence-electron chi connectivity index (χ0n) is 19.2. The van der Waals surface area contributed by atoms with Crippen molar-refractivity contribution in [3.8, 4) is 11.5 Å². The zero-order chi connectivity index (χ0) is 24.1. The second-order valence-electron chi connectivity index (χ2n) is 7.89. The molecule has 1 aromatic heterocycles. The van der Waals surface area contributed by atoms with Crippen molar-refractivity contribution in [1.29, 1.82) is 0 Å². The summed E-state index contributed by atoms with van der Waals surface area (Å²) in [6, 6.07) is 14.0. The molecule has 34 heavy (non-hydrogen) atoms. The van der Waals surface area contributed by atoms with Gasteiger partial charge in [-0.1, -0.05) is 30.3 Å².